The van der Waals surface area contributed by atoms with E-state index >= 15 is 0 Å². The van der Waals surface area contributed by atoms with Crippen molar-refractivity contribution in [3.8, 4) is 0 Å². The summed E-state index contributed by atoms with van der Waals surface area (Å²) in [5.41, 5.74) is 2.71. The van der Waals surface area contributed by atoms with Crippen LogP contribution in [0.25, 0.3) is 0 Å². The third kappa shape index (κ3) is 1.89. The minimum Gasteiger partial charge on any atom is -0.496 e. The largest absolute Gasteiger partial charge is 0.496 e. The fourth-order valence-corrected chi connectivity index (χ4v) is 2.41. The maximum absolute atomic E-state index is 5.65. The Bertz CT molecular complexity index is 243. The second-order valence-electron chi connectivity index (χ2n) is 4.32. The standard InChI is InChI=1S/C11H20N2O2/c1-14-11(6-4-7-11)10(13-12)9-5-2-3-8-15-9/h5,10,13H,2-4,6-8,12H2,1H3. The van der Waals surface area contributed by atoms with Gasteiger partial charge < -0.3 is 9.47 Å². The molecular formula is C11H20N2O2. The van der Waals surface area contributed by atoms with Gasteiger partial charge >= 0.3 is 0 Å². The molecule has 1 saturated carbocycles. The highest BCUT2D eigenvalue weighted by molar-refractivity contribution is 5.15. The van der Waals surface area contributed by atoms with E-state index in [1.807, 2.05) is 0 Å². The highest BCUT2D eigenvalue weighted by atomic mass is 16.5. The molecule has 1 atom stereocenters. The molecule has 0 aromatic rings. The van der Waals surface area contributed by atoms with Crippen LogP contribution in [0.5, 0.6) is 0 Å². The van der Waals surface area contributed by atoms with Crippen molar-refractivity contribution in [1.82, 2.24) is 5.43 Å². The third-order valence-corrected chi connectivity index (χ3v) is 3.55. The summed E-state index contributed by atoms with van der Waals surface area (Å²) in [5.74, 6) is 6.59. The van der Waals surface area contributed by atoms with Crippen molar-refractivity contribution in [2.24, 2.45) is 5.84 Å². The van der Waals surface area contributed by atoms with Crippen molar-refractivity contribution in [2.45, 2.75) is 43.7 Å². The Kier molecular flexibility index (Phi) is 3.29. The monoisotopic (exact) mass is 212 g/mol. The van der Waals surface area contributed by atoms with Gasteiger partial charge in [0, 0.05) is 7.11 Å². The molecule has 0 spiro atoms. The smallest absolute Gasteiger partial charge is 0.113 e. The van der Waals surface area contributed by atoms with Gasteiger partial charge in [-0.2, -0.15) is 0 Å². The van der Waals surface area contributed by atoms with E-state index in [4.69, 9.17) is 15.3 Å². The van der Waals surface area contributed by atoms with Gasteiger partial charge in [-0.05, 0) is 38.2 Å². The van der Waals surface area contributed by atoms with Crippen LogP contribution in [0.15, 0.2) is 11.8 Å². The Hall–Kier alpha value is -0.580. The van der Waals surface area contributed by atoms with Crippen LogP contribution in [0.2, 0.25) is 0 Å². The van der Waals surface area contributed by atoms with Crippen LogP contribution in [-0.4, -0.2) is 25.4 Å². The van der Waals surface area contributed by atoms with Crippen molar-refractivity contribution < 1.29 is 9.47 Å². The number of hydrazine groups is 1. The van der Waals surface area contributed by atoms with Crippen molar-refractivity contribution in [2.75, 3.05) is 13.7 Å². The molecule has 2 aliphatic rings. The predicted octanol–water partition coefficient (Wildman–Crippen LogP) is 1.08. The Morgan fingerprint density at radius 3 is 2.73 bits per heavy atom. The van der Waals surface area contributed by atoms with Crippen LogP contribution in [-0.2, 0) is 9.47 Å². The number of hydrogen-bond acceptors (Lipinski definition) is 4. The normalized spacial score (nSPS) is 26.1. The first-order valence-corrected chi connectivity index (χ1v) is 5.66. The Morgan fingerprint density at radius 2 is 2.33 bits per heavy atom. The van der Waals surface area contributed by atoms with Crippen LogP contribution < -0.4 is 11.3 Å². The average molecular weight is 212 g/mol. The molecule has 15 heavy (non-hydrogen) atoms. The molecule has 4 heteroatoms. The van der Waals surface area contributed by atoms with E-state index in [0.29, 0.717) is 0 Å². The van der Waals surface area contributed by atoms with Gasteiger partial charge in [0.1, 0.15) is 11.8 Å². The Morgan fingerprint density at radius 1 is 1.53 bits per heavy atom. The zero-order valence-corrected chi connectivity index (χ0v) is 9.29. The summed E-state index contributed by atoms with van der Waals surface area (Å²) in [6, 6.07) is 0.0107. The van der Waals surface area contributed by atoms with Crippen LogP contribution in [0.3, 0.4) is 0 Å². The minimum atomic E-state index is -0.141. The second kappa shape index (κ2) is 4.51. The van der Waals surface area contributed by atoms with E-state index in [9.17, 15) is 0 Å². The molecule has 1 heterocycles. The predicted molar refractivity (Wildman–Crippen MR) is 58.0 cm³/mol. The Balaban J connectivity index is 2.11. The van der Waals surface area contributed by atoms with E-state index in [2.05, 4.69) is 11.5 Å². The first kappa shape index (κ1) is 10.9. The van der Waals surface area contributed by atoms with Gasteiger partial charge in [-0.3, -0.25) is 5.84 Å². The third-order valence-electron chi connectivity index (χ3n) is 3.55. The number of allylic oxidation sites excluding steroid dienone is 1. The van der Waals surface area contributed by atoms with Crippen LogP contribution >= 0.6 is 0 Å². The van der Waals surface area contributed by atoms with Gasteiger partial charge in [0.15, 0.2) is 0 Å². The van der Waals surface area contributed by atoms with Crippen molar-refractivity contribution in [3.63, 3.8) is 0 Å². The number of hydrogen-bond donors (Lipinski definition) is 2. The maximum Gasteiger partial charge on any atom is 0.113 e. The van der Waals surface area contributed by atoms with Crippen molar-refractivity contribution in [3.05, 3.63) is 11.8 Å². The SMILES string of the molecule is COC1(C(NN)C2=CCCCO2)CCC1. The van der Waals surface area contributed by atoms with Crippen LogP contribution in [0.4, 0.5) is 0 Å². The lowest BCUT2D eigenvalue weighted by molar-refractivity contribution is -0.101. The summed E-state index contributed by atoms with van der Waals surface area (Å²) in [5, 5.41) is 0. The van der Waals surface area contributed by atoms with Crippen LogP contribution in [0, 0.1) is 0 Å². The molecule has 0 aromatic carbocycles. The lowest BCUT2D eigenvalue weighted by atomic mass is 9.73. The molecule has 0 radical (unpaired) electrons. The molecule has 1 aliphatic heterocycles. The van der Waals surface area contributed by atoms with Crippen LogP contribution in [0.1, 0.15) is 32.1 Å². The zero-order chi connectivity index (χ0) is 10.7. The Labute approximate surface area is 90.8 Å². The molecule has 3 N–H and O–H groups in total. The first-order valence-electron chi connectivity index (χ1n) is 5.66. The first-order chi connectivity index (χ1) is 7.32. The molecule has 1 aliphatic carbocycles. The quantitative estimate of drug-likeness (QED) is 0.541. The summed E-state index contributed by atoms with van der Waals surface area (Å²) in [6.07, 6.45) is 7.62. The van der Waals surface area contributed by atoms with E-state index in [-0.39, 0.29) is 11.6 Å². The van der Waals surface area contributed by atoms with E-state index in [1.54, 1.807) is 7.11 Å². The maximum atomic E-state index is 5.65. The fourth-order valence-electron chi connectivity index (χ4n) is 2.41. The molecule has 4 nitrogen and oxygen atoms in total. The number of ether oxygens (including phenoxy) is 2. The van der Waals surface area contributed by atoms with E-state index < -0.39 is 0 Å². The summed E-state index contributed by atoms with van der Waals surface area (Å²) in [6.45, 7) is 0.795. The topological polar surface area (TPSA) is 56.5 Å². The second-order valence-corrected chi connectivity index (χ2v) is 4.32. The molecule has 1 unspecified atom stereocenters. The van der Waals surface area contributed by atoms with Gasteiger partial charge in [-0.15, -0.1) is 0 Å². The molecule has 0 aromatic heterocycles. The zero-order valence-electron chi connectivity index (χ0n) is 9.29. The average Bonchev–Trinajstić information content (AvgIpc) is 2.24. The van der Waals surface area contributed by atoms with Gasteiger partial charge in [-0.25, -0.2) is 5.43 Å². The van der Waals surface area contributed by atoms with E-state index in [1.165, 1.54) is 6.42 Å². The molecule has 2 rings (SSSR count). The fraction of sp³-hybridized carbons (Fsp3) is 0.818. The molecule has 86 valence electrons. The van der Waals surface area contributed by atoms with Gasteiger partial charge in [-0.1, -0.05) is 0 Å². The molecule has 0 bridgehead atoms. The minimum absolute atomic E-state index is 0.0107. The lowest BCUT2D eigenvalue weighted by Crippen LogP contribution is -2.59. The van der Waals surface area contributed by atoms with E-state index in [0.717, 1.165) is 38.0 Å². The van der Waals surface area contributed by atoms with Gasteiger partial charge in [0.05, 0.1) is 12.2 Å². The summed E-state index contributed by atoms with van der Waals surface area (Å²) in [4.78, 5) is 0. The molecule has 0 saturated heterocycles. The summed E-state index contributed by atoms with van der Waals surface area (Å²) in [7, 11) is 1.76. The van der Waals surface area contributed by atoms with Gasteiger partial charge in [0.2, 0.25) is 0 Å². The number of rotatable bonds is 4. The van der Waals surface area contributed by atoms with Gasteiger partial charge in [0.25, 0.3) is 0 Å². The highest BCUT2D eigenvalue weighted by Crippen LogP contribution is 2.40. The number of nitrogens with one attached hydrogen (secondary N) is 1. The molecule has 1 fully saturated rings. The summed E-state index contributed by atoms with van der Waals surface area (Å²) < 4.78 is 11.3. The summed E-state index contributed by atoms with van der Waals surface area (Å²) >= 11 is 0. The van der Waals surface area contributed by atoms with Crippen molar-refractivity contribution >= 4 is 0 Å². The molecular weight excluding hydrogens is 192 g/mol. The van der Waals surface area contributed by atoms with Crippen molar-refractivity contribution in [1.29, 1.82) is 0 Å². The highest BCUT2D eigenvalue weighted by Gasteiger charge is 2.46. The number of methoxy groups -OCH3 is 1. The lowest BCUT2D eigenvalue weighted by Gasteiger charge is -2.46. The molecule has 0 amide bonds. The number of nitrogens with two attached hydrogens (primary N) is 1.